The van der Waals surface area contributed by atoms with Gasteiger partial charge in [-0.2, -0.15) is 0 Å². The Bertz CT molecular complexity index is 705. The van der Waals surface area contributed by atoms with Gasteiger partial charge in [0.2, 0.25) is 0 Å². The predicted octanol–water partition coefficient (Wildman–Crippen LogP) is 1.94. The van der Waals surface area contributed by atoms with Gasteiger partial charge in [-0.15, -0.1) is 0 Å². The summed E-state index contributed by atoms with van der Waals surface area (Å²) in [5.41, 5.74) is 4.09. The van der Waals surface area contributed by atoms with Crippen LogP contribution in [0.5, 0.6) is 0 Å². The Morgan fingerprint density at radius 1 is 1.16 bits per heavy atom. The summed E-state index contributed by atoms with van der Waals surface area (Å²) in [4.78, 5) is 13.6. The number of aryl methyl sites for hydroxylation is 2. The van der Waals surface area contributed by atoms with Crippen LogP contribution in [0, 0.1) is 13.8 Å². The number of nitrogens with zero attached hydrogens (tertiary/aromatic N) is 2. The molecule has 1 aliphatic rings. The molecule has 0 bridgehead atoms. The Labute approximate surface area is 148 Å². The molecule has 1 aromatic heterocycles. The maximum absolute atomic E-state index is 11.9. The highest BCUT2D eigenvalue weighted by Crippen LogP contribution is 2.19. The Hall–Kier alpha value is -2.31. The van der Waals surface area contributed by atoms with Crippen molar-refractivity contribution >= 4 is 17.3 Å². The Balaban J connectivity index is 1.54. The van der Waals surface area contributed by atoms with Gasteiger partial charge in [-0.05, 0) is 50.2 Å². The van der Waals surface area contributed by atoms with E-state index in [0.29, 0.717) is 26.2 Å². The predicted molar refractivity (Wildman–Crippen MR) is 98.0 cm³/mol. The lowest BCUT2D eigenvalue weighted by Gasteiger charge is -2.27. The van der Waals surface area contributed by atoms with Gasteiger partial charge in [0.25, 0.3) is 5.91 Å². The van der Waals surface area contributed by atoms with Gasteiger partial charge in [0.05, 0.1) is 19.3 Å². The monoisotopic (exact) mass is 343 g/mol. The van der Waals surface area contributed by atoms with Crippen LogP contribution in [0.3, 0.4) is 0 Å². The smallest absolute Gasteiger partial charge is 0.253 e. The van der Waals surface area contributed by atoms with Crippen molar-refractivity contribution in [3.05, 3.63) is 47.8 Å². The zero-order valence-corrected chi connectivity index (χ0v) is 14.7. The SMILES string of the molecule is Cc1ccc(C)n1C[C@H](O)CNc1ccc(N2CCOCC2=O)cc1. The second-order valence-corrected chi connectivity index (χ2v) is 6.41. The fourth-order valence-corrected chi connectivity index (χ4v) is 3.05. The Morgan fingerprint density at radius 3 is 2.48 bits per heavy atom. The number of anilines is 2. The molecule has 1 aliphatic heterocycles. The average molecular weight is 343 g/mol. The number of rotatable bonds is 6. The highest BCUT2D eigenvalue weighted by molar-refractivity contribution is 5.94. The number of morpholine rings is 1. The van der Waals surface area contributed by atoms with Gasteiger partial charge in [0.1, 0.15) is 6.61 Å². The second kappa shape index (κ2) is 7.72. The van der Waals surface area contributed by atoms with Gasteiger partial charge in [-0.1, -0.05) is 0 Å². The first-order valence-corrected chi connectivity index (χ1v) is 8.57. The fraction of sp³-hybridized carbons (Fsp3) is 0.421. The van der Waals surface area contributed by atoms with Crippen LogP contribution in [0.25, 0.3) is 0 Å². The van der Waals surface area contributed by atoms with Crippen LogP contribution >= 0.6 is 0 Å². The van der Waals surface area contributed by atoms with Crippen LogP contribution in [0.1, 0.15) is 11.4 Å². The van der Waals surface area contributed by atoms with E-state index in [2.05, 4.69) is 22.0 Å². The van der Waals surface area contributed by atoms with Crippen molar-refractivity contribution < 1.29 is 14.6 Å². The van der Waals surface area contributed by atoms with Gasteiger partial charge in [-0.3, -0.25) is 4.79 Å². The Morgan fingerprint density at radius 2 is 1.84 bits per heavy atom. The van der Waals surface area contributed by atoms with Gasteiger partial charge in [0, 0.05) is 35.9 Å². The maximum Gasteiger partial charge on any atom is 0.253 e. The molecule has 2 heterocycles. The molecule has 1 amide bonds. The standard InChI is InChI=1S/C19H25N3O3/c1-14-3-4-15(2)22(14)12-18(23)11-20-16-5-7-17(8-6-16)21-9-10-25-13-19(21)24/h3-8,18,20,23H,9-13H2,1-2H3/t18-/m1/s1. The second-order valence-electron chi connectivity index (χ2n) is 6.41. The number of ether oxygens (including phenoxy) is 1. The molecule has 0 radical (unpaired) electrons. The molecule has 0 unspecified atom stereocenters. The number of nitrogens with one attached hydrogen (secondary N) is 1. The van der Waals surface area contributed by atoms with Crippen LogP contribution in [-0.4, -0.2) is 48.0 Å². The number of carbonyl (C=O) groups is 1. The zero-order valence-electron chi connectivity index (χ0n) is 14.7. The Kier molecular flexibility index (Phi) is 5.40. The molecule has 6 nitrogen and oxygen atoms in total. The third-order valence-corrected chi connectivity index (χ3v) is 4.52. The largest absolute Gasteiger partial charge is 0.389 e. The topological polar surface area (TPSA) is 66.7 Å². The molecule has 6 heteroatoms. The third kappa shape index (κ3) is 4.21. The average Bonchev–Trinajstić information content (AvgIpc) is 2.93. The molecule has 1 saturated heterocycles. The number of hydrogen-bond donors (Lipinski definition) is 2. The normalized spacial score (nSPS) is 16.1. The van der Waals surface area contributed by atoms with E-state index in [1.807, 2.05) is 38.1 Å². The number of benzene rings is 1. The first-order valence-electron chi connectivity index (χ1n) is 8.57. The molecule has 0 saturated carbocycles. The van der Waals surface area contributed by atoms with Gasteiger partial charge in [-0.25, -0.2) is 0 Å². The van der Waals surface area contributed by atoms with Crippen molar-refractivity contribution in [2.24, 2.45) is 0 Å². The number of hydrogen-bond acceptors (Lipinski definition) is 4. The van der Waals surface area contributed by atoms with E-state index in [9.17, 15) is 9.90 Å². The molecular weight excluding hydrogens is 318 g/mol. The van der Waals surface area contributed by atoms with Crippen LogP contribution in [0.15, 0.2) is 36.4 Å². The van der Waals surface area contributed by atoms with Crippen molar-refractivity contribution in [1.82, 2.24) is 4.57 Å². The highest BCUT2D eigenvalue weighted by Gasteiger charge is 2.19. The van der Waals surface area contributed by atoms with Gasteiger partial charge >= 0.3 is 0 Å². The number of aliphatic hydroxyl groups excluding tert-OH is 1. The maximum atomic E-state index is 11.9. The molecule has 1 aromatic carbocycles. The summed E-state index contributed by atoms with van der Waals surface area (Å²) in [7, 11) is 0. The van der Waals surface area contributed by atoms with E-state index in [1.165, 1.54) is 0 Å². The van der Waals surface area contributed by atoms with E-state index >= 15 is 0 Å². The molecular formula is C19H25N3O3. The van der Waals surface area contributed by atoms with E-state index in [1.54, 1.807) is 4.90 Å². The van der Waals surface area contributed by atoms with Crippen LogP contribution in [0.4, 0.5) is 11.4 Å². The summed E-state index contributed by atoms with van der Waals surface area (Å²) in [6, 6.07) is 11.8. The van der Waals surface area contributed by atoms with E-state index in [4.69, 9.17) is 4.74 Å². The number of aromatic nitrogens is 1. The number of amides is 1. The first kappa shape index (κ1) is 17.5. The quantitative estimate of drug-likeness (QED) is 0.841. The summed E-state index contributed by atoms with van der Waals surface area (Å²) in [6.07, 6.45) is -0.481. The first-order chi connectivity index (χ1) is 12.0. The van der Waals surface area contributed by atoms with Crippen molar-refractivity contribution in [2.75, 3.05) is 36.5 Å². The molecule has 1 fully saturated rings. The van der Waals surface area contributed by atoms with Crippen molar-refractivity contribution in [2.45, 2.75) is 26.5 Å². The van der Waals surface area contributed by atoms with Crippen molar-refractivity contribution in [3.63, 3.8) is 0 Å². The minimum absolute atomic E-state index is 0.0140. The van der Waals surface area contributed by atoms with Crippen LogP contribution < -0.4 is 10.2 Å². The molecule has 2 N–H and O–H groups in total. The zero-order chi connectivity index (χ0) is 17.8. The van der Waals surface area contributed by atoms with E-state index in [-0.39, 0.29) is 12.5 Å². The van der Waals surface area contributed by atoms with Crippen molar-refractivity contribution in [3.8, 4) is 0 Å². The summed E-state index contributed by atoms with van der Waals surface area (Å²) in [5.74, 6) is -0.0140. The summed E-state index contributed by atoms with van der Waals surface area (Å²) in [6.45, 7) is 6.41. The molecule has 3 rings (SSSR count). The summed E-state index contributed by atoms with van der Waals surface area (Å²) < 4.78 is 7.26. The number of carbonyl (C=O) groups excluding carboxylic acids is 1. The summed E-state index contributed by atoms with van der Waals surface area (Å²) >= 11 is 0. The molecule has 2 aromatic rings. The third-order valence-electron chi connectivity index (χ3n) is 4.52. The van der Waals surface area contributed by atoms with Gasteiger partial charge in [0.15, 0.2) is 0 Å². The minimum atomic E-state index is -0.481. The lowest BCUT2D eigenvalue weighted by atomic mass is 10.2. The molecule has 25 heavy (non-hydrogen) atoms. The molecule has 1 atom stereocenters. The van der Waals surface area contributed by atoms with Gasteiger partial charge < -0.3 is 24.6 Å². The molecule has 0 spiro atoms. The van der Waals surface area contributed by atoms with Crippen LogP contribution in [-0.2, 0) is 16.1 Å². The lowest BCUT2D eigenvalue weighted by molar-refractivity contribution is -0.125. The van der Waals surface area contributed by atoms with Crippen molar-refractivity contribution in [1.29, 1.82) is 0 Å². The highest BCUT2D eigenvalue weighted by atomic mass is 16.5. The summed E-state index contributed by atoms with van der Waals surface area (Å²) in [5, 5.41) is 13.5. The van der Waals surface area contributed by atoms with E-state index < -0.39 is 6.10 Å². The van der Waals surface area contributed by atoms with Crippen LogP contribution in [0.2, 0.25) is 0 Å². The van der Waals surface area contributed by atoms with E-state index in [0.717, 1.165) is 22.8 Å². The fourth-order valence-electron chi connectivity index (χ4n) is 3.05. The molecule has 134 valence electrons. The number of aliphatic hydroxyl groups is 1. The molecule has 0 aliphatic carbocycles. The lowest BCUT2D eigenvalue weighted by Crippen LogP contribution is -2.41. The minimum Gasteiger partial charge on any atom is -0.389 e.